The number of carbonyl (C=O) groups excluding carboxylic acids is 1. The number of carbonyl (C=O) groups is 1. The number of benzene rings is 1. The van der Waals surface area contributed by atoms with Crippen molar-refractivity contribution in [1.29, 1.82) is 0 Å². The van der Waals surface area contributed by atoms with E-state index >= 15 is 0 Å². The Balaban J connectivity index is 3.04. The van der Waals surface area contributed by atoms with E-state index in [1.165, 1.54) is 6.07 Å². The minimum absolute atomic E-state index is 0.220. The van der Waals surface area contributed by atoms with Gasteiger partial charge in [-0.15, -0.1) is 6.58 Å². The third-order valence-electron chi connectivity index (χ3n) is 2.15. The molecule has 0 bridgehead atoms. The molecule has 0 heterocycles. The summed E-state index contributed by atoms with van der Waals surface area (Å²) in [6.07, 6.45) is 3.11. The Morgan fingerprint density at radius 2 is 2.33 bits per heavy atom. The molecule has 1 aromatic rings. The Hall–Kier alpha value is -1.77. The van der Waals surface area contributed by atoms with Gasteiger partial charge in [0.05, 0.1) is 13.1 Å². The maximum Gasteiger partial charge on any atom is 0.119 e. The molecule has 1 rings (SSSR count). The lowest BCUT2D eigenvalue weighted by molar-refractivity contribution is -0.255. The smallest absolute Gasteiger partial charge is 0.119 e. The quantitative estimate of drug-likeness (QED) is 0.678. The van der Waals surface area contributed by atoms with Crippen molar-refractivity contribution >= 4 is 5.97 Å². The molecular formula is C12H13O3-. The van der Waals surface area contributed by atoms with E-state index in [-0.39, 0.29) is 5.56 Å². The highest BCUT2D eigenvalue weighted by atomic mass is 16.5. The molecule has 0 atom stereocenters. The van der Waals surface area contributed by atoms with Crippen molar-refractivity contribution in [2.75, 3.05) is 7.11 Å². The topological polar surface area (TPSA) is 49.4 Å². The monoisotopic (exact) mass is 205 g/mol. The molecule has 0 fully saturated rings. The molecule has 0 unspecified atom stereocenters. The molecule has 3 nitrogen and oxygen atoms in total. The second-order valence-corrected chi connectivity index (χ2v) is 3.14. The van der Waals surface area contributed by atoms with E-state index in [1.54, 1.807) is 25.3 Å². The summed E-state index contributed by atoms with van der Waals surface area (Å²) in [5, 5.41) is 10.8. The predicted molar refractivity (Wildman–Crippen MR) is 55.8 cm³/mol. The van der Waals surface area contributed by atoms with Gasteiger partial charge in [0.15, 0.2) is 0 Å². The number of carboxylic acid groups (broad SMARTS) is 1. The van der Waals surface area contributed by atoms with Crippen molar-refractivity contribution in [2.24, 2.45) is 0 Å². The number of rotatable bonds is 5. The molecule has 0 aliphatic heterocycles. The highest BCUT2D eigenvalue weighted by Gasteiger charge is 2.04. The van der Waals surface area contributed by atoms with Gasteiger partial charge >= 0.3 is 0 Å². The molecule has 0 saturated heterocycles. The number of carboxylic acids is 1. The number of allylic oxidation sites excluding steroid dienone is 1. The molecule has 0 aliphatic rings. The van der Waals surface area contributed by atoms with Crippen LogP contribution in [0.25, 0.3) is 0 Å². The van der Waals surface area contributed by atoms with Gasteiger partial charge in [-0.2, -0.15) is 0 Å². The van der Waals surface area contributed by atoms with Crippen molar-refractivity contribution in [1.82, 2.24) is 0 Å². The van der Waals surface area contributed by atoms with E-state index in [2.05, 4.69) is 6.58 Å². The van der Waals surface area contributed by atoms with Crippen molar-refractivity contribution in [3.05, 3.63) is 42.0 Å². The average Bonchev–Trinajstić information content (AvgIpc) is 2.25. The van der Waals surface area contributed by atoms with Gasteiger partial charge in [-0.1, -0.05) is 6.08 Å². The van der Waals surface area contributed by atoms with E-state index in [0.29, 0.717) is 17.7 Å². The maximum atomic E-state index is 10.8. The highest BCUT2D eigenvalue weighted by Crippen LogP contribution is 2.18. The van der Waals surface area contributed by atoms with Gasteiger partial charge in [-0.25, -0.2) is 0 Å². The van der Waals surface area contributed by atoms with Crippen LogP contribution in [0.1, 0.15) is 22.3 Å². The van der Waals surface area contributed by atoms with Gasteiger partial charge in [-0.3, -0.25) is 0 Å². The van der Waals surface area contributed by atoms with Gasteiger partial charge in [0, 0.05) is 5.56 Å². The first-order valence-corrected chi connectivity index (χ1v) is 4.68. The molecule has 0 saturated carbocycles. The van der Waals surface area contributed by atoms with E-state index in [1.807, 2.05) is 0 Å². The molecule has 15 heavy (non-hydrogen) atoms. The first-order chi connectivity index (χ1) is 7.19. The minimum Gasteiger partial charge on any atom is -0.545 e. The summed E-state index contributed by atoms with van der Waals surface area (Å²) in [5.74, 6) is -0.504. The number of methoxy groups -OCH3 is 1. The third kappa shape index (κ3) is 2.84. The van der Waals surface area contributed by atoms with Crippen molar-refractivity contribution in [2.45, 2.75) is 12.8 Å². The van der Waals surface area contributed by atoms with E-state index in [9.17, 15) is 9.90 Å². The average molecular weight is 205 g/mol. The molecule has 3 heteroatoms. The highest BCUT2D eigenvalue weighted by molar-refractivity contribution is 5.87. The first kappa shape index (κ1) is 11.3. The fourth-order valence-electron chi connectivity index (χ4n) is 1.36. The lowest BCUT2D eigenvalue weighted by atomic mass is 10.0. The molecule has 1 aromatic carbocycles. The zero-order valence-corrected chi connectivity index (χ0v) is 8.66. The van der Waals surface area contributed by atoms with Crippen molar-refractivity contribution in [3.8, 4) is 5.75 Å². The van der Waals surface area contributed by atoms with Crippen molar-refractivity contribution < 1.29 is 14.6 Å². The lowest BCUT2D eigenvalue weighted by Gasteiger charge is -2.11. The van der Waals surface area contributed by atoms with Crippen LogP contribution in [-0.2, 0) is 6.42 Å². The van der Waals surface area contributed by atoms with Gasteiger partial charge in [0.25, 0.3) is 0 Å². The van der Waals surface area contributed by atoms with Crippen LogP contribution >= 0.6 is 0 Å². The summed E-state index contributed by atoms with van der Waals surface area (Å²) in [7, 11) is 1.55. The van der Waals surface area contributed by atoms with Gasteiger partial charge in [0.2, 0.25) is 0 Å². The zero-order chi connectivity index (χ0) is 11.3. The van der Waals surface area contributed by atoms with Crippen LogP contribution in [-0.4, -0.2) is 13.1 Å². The number of ether oxygens (including phenoxy) is 1. The van der Waals surface area contributed by atoms with Crippen molar-refractivity contribution in [3.63, 3.8) is 0 Å². The van der Waals surface area contributed by atoms with E-state index in [4.69, 9.17) is 4.74 Å². The number of hydrogen-bond donors (Lipinski definition) is 0. The summed E-state index contributed by atoms with van der Waals surface area (Å²) >= 11 is 0. The van der Waals surface area contributed by atoms with Crippen LogP contribution in [0.4, 0.5) is 0 Å². The van der Waals surface area contributed by atoms with Crippen LogP contribution in [0.15, 0.2) is 30.9 Å². The summed E-state index contributed by atoms with van der Waals surface area (Å²) in [6.45, 7) is 3.60. The Morgan fingerprint density at radius 1 is 1.60 bits per heavy atom. The minimum atomic E-state index is -1.16. The maximum absolute atomic E-state index is 10.8. The molecular weight excluding hydrogens is 192 g/mol. The van der Waals surface area contributed by atoms with Crippen LogP contribution in [0.2, 0.25) is 0 Å². The largest absolute Gasteiger partial charge is 0.545 e. The molecule has 0 aliphatic carbocycles. The standard InChI is InChI=1S/C12H14O3/c1-3-4-5-9-8-10(15-2)6-7-11(9)12(13)14/h3,6-8H,1,4-5H2,2H3,(H,13,14)/p-1. The summed E-state index contributed by atoms with van der Waals surface area (Å²) in [5.41, 5.74) is 0.937. The molecule has 80 valence electrons. The van der Waals surface area contributed by atoms with Gasteiger partial charge < -0.3 is 14.6 Å². The summed E-state index contributed by atoms with van der Waals surface area (Å²) in [4.78, 5) is 10.8. The summed E-state index contributed by atoms with van der Waals surface area (Å²) < 4.78 is 5.03. The lowest BCUT2D eigenvalue weighted by Crippen LogP contribution is -2.23. The number of hydrogen-bond acceptors (Lipinski definition) is 3. The van der Waals surface area contributed by atoms with E-state index in [0.717, 1.165) is 6.42 Å². The second-order valence-electron chi connectivity index (χ2n) is 3.14. The molecule has 0 spiro atoms. The Bertz CT molecular complexity index is 369. The van der Waals surface area contributed by atoms with Crippen LogP contribution in [0, 0.1) is 0 Å². The fraction of sp³-hybridized carbons (Fsp3) is 0.250. The molecule has 0 amide bonds. The Kier molecular flexibility index (Phi) is 3.92. The Morgan fingerprint density at radius 3 is 2.87 bits per heavy atom. The van der Waals surface area contributed by atoms with Crippen LogP contribution in [0.3, 0.4) is 0 Å². The number of aryl methyl sites for hydroxylation is 1. The van der Waals surface area contributed by atoms with Gasteiger partial charge in [0.1, 0.15) is 5.75 Å². The normalized spacial score (nSPS) is 9.67. The zero-order valence-electron chi connectivity index (χ0n) is 8.66. The predicted octanol–water partition coefficient (Wildman–Crippen LogP) is 1.18. The van der Waals surface area contributed by atoms with Crippen LogP contribution < -0.4 is 9.84 Å². The van der Waals surface area contributed by atoms with Gasteiger partial charge in [-0.05, 0) is 36.6 Å². The summed E-state index contributed by atoms with van der Waals surface area (Å²) in [6, 6.07) is 4.84. The Labute approximate surface area is 89.0 Å². The fourth-order valence-corrected chi connectivity index (χ4v) is 1.36. The van der Waals surface area contributed by atoms with E-state index < -0.39 is 5.97 Å². The SMILES string of the molecule is C=CCCc1cc(OC)ccc1C(=O)[O-]. The van der Waals surface area contributed by atoms with Crippen LogP contribution in [0.5, 0.6) is 5.75 Å². The second kappa shape index (κ2) is 5.20. The molecule has 0 radical (unpaired) electrons. The third-order valence-corrected chi connectivity index (χ3v) is 2.15. The molecule has 0 N–H and O–H groups in total. The first-order valence-electron chi connectivity index (χ1n) is 4.68. The molecule has 0 aromatic heterocycles. The number of aromatic carboxylic acids is 1.